The third-order valence-electron chi connectivity index (χ3n) is 3.61. The van der Waals surface area contributed by atoms with Crippen LogP contribution < -0.4 is 0 Å². The van der Waals surface area contributed by atoms with Gasteiger partial charge in [0.25, 0.3) is 0 Å². The van der Waals surface area contributed by atoms with E-state index in [0.717, 1.165) is 24.8 Å². The summed E-state index contributed by atoms with van der Waals surface area (Å²) >= 11 is 0. The van der Waals surface area contributed by atoms with Crippen LogP contribution in [0.2, 0.25) is 0 Å². The van der Waals surface area contributed by atoms with Gasteiger partial charge in [-0.2, -0.15) is 0 Å². The molecule has 2 nitrogen and oxygen atoms in total. The van der Waals surface area contributed by atoms with E-state index in [9.17, 15) is 9.90 Å². The van der Waals surface area contributed by atoms with Gasteiger partial charge in [0.05, 0.1) is 5.92 Å². The number of hydrogen-bond donors (Lipinski definition) is 1. The average Bonchev–Trinajstić information content (AvgIpc) is 2.39. The first-order chi connectivity index (χ1) is 8.69. The predicted molar refractivity (Wildman–Crippen MR) is 74.7 cm³/mol. The van der Waals surface area contributed by atoms with Crippen molar-refractivity contribution in [2.24, 2.45) is 5.92 Å². The van der Waals surface area contributed by atoms with Gasteiger partial charge in [0, 0.05) is 0 Å². The lowest BCUT2D eigenvalue weighted by Crippen LogP contribution is -2.16. The fourth-order valence-corrected chi connectivity index (χ4v) is 2.38. The molecule has 0 bridgehead atoms. The minimum atomic E-state index is -0.698. The molecule has 0 aromatic heterocycles. The lowest BCUT2D eigenvalue weighted by molar-refractivity contribution is -0.139. The van der Waals surface area contributed by atoms with Crippen LogP contribution in [0.15, 0.2) is 30.3 Å². The molecule has 0 aliphatic heterocycles. The van der Waals surface area contributed by atoms with Crippen molar-refractivity contribution in [2.45, 2.75) is 51.9 Å². The van der Waals surface area contributed by atoms with Crippen molar-refractivity contribution in [3.05, 3.63) is 35.9 Å². The molecule has 2 heteroatoms. The highest BCUT2D eigenvalue weighted by Gasteiger charge is 2.23. The van der Waals surface area contributed by atoms with Crippen molar-refractivity contribution in [2.75, 3.05) is 0 Å². The Labute approximate surface area is 110 Å². The Balaban J connectivity index is 2.71. The largest absolute Gasteiger partial charge is 0.481 e. The average molecular weight is 248 g/mol. The molecule has 0 aliphatic rings. The molecule has 100 valence electrons. The third kappa shape index (κ3) is 4.52. The Bertz CT molecular complexity index is 345. The number of hydrogen-bond acceptors (Lipinski definition) is 1. The Morgan fingerprint density at radius 3 is 2.39 bits per heavy atom. The lowest BCUT2D eigenvalue weighted by atomic mass is 9.85. The number of carboxylic acid groups (broad SMARTS) is 1. The van der Waals surface area contributed by atoms with Crippen molar-refractivity contribution in [3.63, 3.8) is 0 Å². The molecular formula is C16H24O2. The first-order valence-corrected chi connectivity index (χ1v) is 6.96. The van der Waals surface area contributed by atoms with E-state index >= 15 is 0 Å². The standard InChI is InChI=1S/C16H24O2/c1-3-5-9-13(4-2)12-15(16(17)18)14-10-7-6-8-11-14/h6-8,10-11,13,15H,3-5,9,12H2,1-2H3,(H,17,18). The number of carbonyl (C=O) groups is 1. The molecule has 0 saturated carbocycles. The number of benzene rings is 1. The normalized spacial score (nSPS) is 14.1. The highest BCUT2D eigenvalue weighted by Crippen LogP contribution is 2.28. The summed E-state index contributed by atoms with van der Waals surface area (Å²) < 4.78 is 0. The number of rotatable bonds is 8. The molecule has 0 radical (unpaired) electrons. The molecule has 18 heavy (non-hydrogen) atoms. The highest BCUT2D eigenvalue weighted by molar-refractivity contribution is 5.76. The zero-order chi connectivity index (χ0) is 13.4. The molecule has 2 unspecified atom stereocenters. The maximum Gasteiger partial charge on any atom is 0.310 e. The van der Waals surface area contributed by atoms with E-state index in [-0.39, 0.29) is 5.92 Å². The van der Waals surface area contributed by atoms with E-state index in [2.05, 4.69) is 13.8 Å². The van der Waals surface area contributed by atoms with Gasteiger partial charge in [-0.1, -0.05) is 69.9 Å². The second-order valence-corrected chi connectivity index (χ2v) is 4.95. The van der Waals surface area contributed by atoms with Gasteiger partial charge in [-0.25, -0.2) is 0 Å². The molecule has 1 N–H and O–H groups in total. The molecule has 0 amide bonds. The quantitative estimate of drug-likeness (QED) is 0.737. The van der Waals surface area contributed by atoms with E-state index in [4.69, 9.17) is 0 Å². The molecule has 0 fully saturated rings. The maximum absolute atomic E-state index is 11.4. The van der Waals surface area contributed by atoms with Gasteiger partial charge in [0.2, 0.25) is 0 Å². The van der Waals surface area contributed by atoms with E-state index in [1.165, 1.54) is 12.8 Å². The SMILES string of the molecule is CCCCC(CC)CC(C(=O)O)c1ccccc1. The van der Waals surface area contributed by atoms with Crippen LogP contribution in [0.4, 0.5) is 0 Å². The summed E-state index contributed by atoms with van der Waals surface area (Å²) in [6.45, 7) is 4.34. The van der Waals surface area contributed by atoms with Crippen LogP contribution in [-0.4, -0.2) is 11.1 Å². The summed E-state index contributed by atoms with van der Waals surface area (Å²) in [4.78, 5) is 11.4. The second kappa shape index (κ2) is 7.91. The van der Waals surface area contributed by atoms with Crippen molar-refractivity contribution >= 4 is 5.97 Å². The Hall–Kier alpha value is -1.31. The van der Waals surface area contributed by atoms with Crippen molar-refractivity contribution in [1.29, 1.82) is 0 Å². The third-order valence-corrected chi connectivity index (χ3v) is 3.61. The lowest BCUT2D eigenvalue weighted by Gasteiger charge is -2.20. The van der Waals surface area contributed by atoms with Gasteiger partial charge in [-0.05, 0) is 17.9 Å². The summed E-state index contributed by atoms with van der Waals surface area (Å²) in [7, 11) is 0. The Kier molecular flexibility index (Phi) is 6.48. The summed E-state index contributed by atoms with van der Waals surface area (Å²) in [5.41, 5.74) is 0.931. The fraction of sp³-hybridized carbons (Fsp3) is 0.562. The first-order valence-electron chi connectivity index (χ1n) is 6.96. The van der Waals surface area contributed by atoms with Crippen molar-refractivity contribution in [1.82, 2.24) is 0 Å². The van der Waals surface area contributed by atoms with E-state index in [1.54, 1.807) is 0 Å². The van der Waals surface area contributed by atoms with Crippen LogP contribution in [0.1, 0.15) is 57.4 Å². The Morgan fingerprint density at radius 1 is 1.22 bits per heavy atom. The molecule has 0 spiro atoms. The Morgan fingerprint density at radius 2 is 1.89 bits per heavy atom. The molecule has 1 rings (SSSR count). The summed E-state index contributed by atoms with van der Waals surface area (Å²) in [6.07, 6.45) is 5.34. The van der Waals surface area contributed by atoms with Crippen LogP contribution >= 0.6 is 0 Å². The molecule has 1 aromatic carbocycles. The second-order valence-electron chi connectivity index (χ2n) is 4.95. The summed E-state index contributed by atoms with van der Waals surface area (Å²) in [5, 5.41) is 9.40. The highest BCUT2D eigenvalue weighted by atomic mass is 16.4. The van der Waals surface area contributed by atoms with Gasteiger partial charge < -0.3 is 5.11 Å². The van der Waals surface area contributed by atoms with Crippen LogP contribution in [0.3, 0.4) is 0 Å². The van der Waals surface area contributed by atoms with E-state index in [1.807, 2.05) is 30.3 Å². The van der Waals surface area contributed by atoms with Gasteiger partial charge in [-0.15, -0.1) is 0 Å². The van der Waals surface area contributed by atoms with Gasteiger partial charge in [0.15, 0.2) is 0 Å². The van der Waals surface area contributed by atoms with Crippen LogP contribution in [0.5, 0.6) is 0 Å². The summed E-state index contributed by atoms with van der Waals surface area (Å²) in [5.74, 6) is -0.532. The molecule has 0 saturated heterocycles. The first kappa shape index (κ1) is 14.7. The van der Waals surface area contributed by atoms with Crippen LogP contribution in [-0.2, 0) is 4.79 Å². The molecule has 0 heterocycles. The zero-order valence-corrected chi connectivity index (χ0v) is 11.4. The van der Waals surface area contributed by atoms with Crippen molar-refractivity contribution < 1.29 is 9.90 Å². The van der Waals surface area contributed by atoms with E-state index in [0.29, 0.717) is 5.92 Å². The minimum Gasteiger partial charge on any atom is -0.481 e. The molecule has 2 atom stereocenters. The molecule has 1 aromatic rings. The van der Waals surface area contributed by atoms with Gasteiger partial charge in [-0.3, -0.25) is 4.79 Å². The topological polar surface area (TPSA) is 37.3 Å². The smallest absolute Gasteiger partial charge is 0.310 e. The zero-order valence-electron chi connectivity index (χ0n) is 11.4. The predicted octanol–water partition coefficient (Wildman–Crippen LogP) is 4.46. The summed E-state index contributed by atoms with van der Waals surface area (Å²) in [6, 6.07) is 9.60. The van der Waals surface area contributed by atoms with Gasteiger partial charge >= 0.3 is 5.97 Å². The van der Waals surface area contributed by atoms with E-state index < -0.39 is 5.97 Å². The van der Waals surface area contributed by atoms with Crippen LogP contribution in [0.25, 0.3) is 0 Å². The number of unbranched alkanes of at least 4 members (excludes halogenated alkanes) is 1. The fourth-order valence-electron chi connectivity index (χ4n) is 2.38. The monoisotopic (exact) mass is 248 g/mol. The molecule has 0 aliphatic carbocycles. The molecular weight excluding hydrogens is 224 g/mol. The number of carboxylic acids is 1. The van der Waals surface area contributed by atoms with Crippen LogP contribution in [0, 0.1) is 5.92 Å². The minimum absolute atomic E-state index is 0.354. The van der Waals surface area contributed by atoms with Gasteiger partial charge in [0.1, 0.15) is 0 Å². The maximum atomic E-state index is 11.4. The number of aliphatic carboxylic acids is 1. The van der Waals surface area contributed by atoms with Crippen molar-refractivity contribution in [3.8, 4) is 0 Å².